The Hall–Kier alpha value is -2.04. The number of fused-ring (bicyclic) bond motifs is 1. The molecule has 0 unspecified atom stereocenters. The van der Waals surface area contributed by atoms with Gasteiger partial charge in [-0.15, -0.1) is 12.4 Å². The van der Waals surface area contributed by atoms with E-state index in [0.29, 0.717) is 0 Å². The highest BCUT2D eigenvalue weighted by molar-refractivity contribution is 5.92. The van der Waals surface area contributed by atoms with Gasteiger partial charge in [0.05, 0.1) is 0 Å². The van der Waals surface area contributed by atoms with E-state index in [-0.39, 0.29) is 24.2 Å². The number of hydrogen-bond donors (Lipinski definition) is 2. The van der Waals surface area contributed by atoms with E-state index in [1.165, 1.54) is 16.8 Å². The molecule has 5 heteroatoms. The van der Waals surface area contributed by atoms with Gasteiger partial charge in [-0.2, -0.15) is 0 Å². The molecule has 1 amide bonds. The summed E-state index contributed by atoms with van der Waals surface area (Å²) in [6, 6.07) is 16.4. The van der Waals surface area contributed by atoms with Gasteiger partial charge in [0, 0.05) is 30.4 Å². The van der Waals surface area contributed by atoms with Gasteiger partial charge in [0.2, 0.25) is 5.91 Å². The van der Waals surface area contributed by atoms with Gasteiger partial charge >= 0.3 is 0 Å². The van der Waals surface area contributed by atoms with E-state index < -0.39 is 0 Å². The van der Waals surface area contributed by atoms with Crippen molar-refractivity contribution in [1.29, 1.82) is 0 Å². The minimum atomic E-state index is 0. The number of hydrogen-bond acceptors (Lipinski definition) is 3. The lowest BCUT2D eigenvalue weighted by Gasteiger charge is -2.31. The van der Waals surface area contributed by atoms with Crippen molar-refractivity contribution in [1.82, 2.24) is 4.90 Å². The molecular weight excluding hydrogens is 346 g/mol. The van der Waals surface area contributed by atoms with Gasteiger partial charge in [-0.05, 0) is 55.6 Å². The van der Waals surface area contributed by atoms with Crippen molar-refractivity contribution in [3.63, 3.8) is 0 Å². The Labute approximate surface area is 161 Å². The van der Waals surface area contributed by atoms with E-state index >= 15 is 0 Å². The van der Waals surface area contributed by atoms with Gasteiger partial charge < -0.3 is 10.6 Å². The van der Waals surface area contributed by atoms with Crippen molar-refractivity contribution in [2.75, 3.05) is 30.3 Å². The summed E-state index contributed by atoms with van der Waals surface area (Å²) in [5, 5.41) is 6.56. The maximum atomic E-state index is 12.4. The van der Waals surface area contributed by atoms with Crippen LogP contribution in [0.4, 0.5) is 11.4 Å². The van der Waals surface area contributed by atoms with Crippen LogP contribution in [-0.2, 0) is 17.8 Å². The monoisotopic (exact) mass is 371 g/mol. The highest BCUT2D eigenvalue weighted by atomic mass is 35.5. The number of para-hydroxylation sites is 2. The Balaban J connectivity index is 0.00000196. The van der Waals surface area contributed by atoms with Crippen molar-refractivity contribution in [2.24, 2.45) is 5.92 Å². The summed E-state index contributed by atoms with van der Waals surface area (Å²) in [6.07, 6.45) is 2.99. The minimum absolute atomic E-state index is 0. The fourth-order valence-electron chi connectivity index (χ4n) is 3.90. The fourth-order valence-corrected chi connectivity index (χ4v) is 3.90. The predicted molar refractivity (Wildman–Crippen MR) is 109 cm³/mol. The van der Waals surface area contributed by atoms with E-state index in [2.05, 4.69) is 33.7 Å². The van der Waals surface area contributed by atoms with E-state index in [1.807, 2.05) is 30.3 Å². The van der Waals surface area contributed by atoms with Crippen LogP contribution in [-0.4, -0.2) is 30.4 Å². The zero-order chi connectivity index (χ0) is 17.1. The SMILES string of the molecule is Cl.O=C(Nc1ccccc1)C1CCN(Cc2cccc3c2NCC3)CC1. The Kier molecular flexibility index (Phi) is 6.17. The van der Waals surface area contributed by atoms with Crippen LogP contribution >= 0.6 is 12.4 Å². The van der Waals surface area contributed by atoms with Gasteiger partial charge in [0.15, 0.2) is 0 Å². The number of likely N-dealkylation sites (tertiary alicyclic amines) is 1. The first kappa shape index (κ1) is 18.7. The maximum absolute atomic E-state index is 12.4. The van der Waals surface area contributed by atoms with Crippen molar-refractivity contribution in [2.45, 2.75) is 25.8 Å². The molecular formula is C21H26ClN3O. The third kappa shape index (κ3) is 4.19. The van der Waals surface area contributed by atoms with Crippen LogP contribution in [0.5, 0.6) is 0 Å². The number of benzene rings is 2. The average Bonchev–Trinajstić information content (AvgIpc) is 3.13. The number of anilines is 2. The predicted octanol–water partition coefficient (Wildman–Crippen LogP) is 3.93. The first-order chi connectivity index (χ1) is 12.3. The highest BCUT2D eigenvalue weighted by Gasteiger charge is 2.26. The van der Waals surface area contributed by atoms with Crippen LogP contribution in [0.2, 0.25) is 0 Å². The van der Waals surface area contributed by atoms with Gasteiger partial charge in [-0.1, -0.05) is 36.4 Å². The molecule has 4 nitrogen and oxygen atoms in total. The third-order valence-electron chi connectivity index (χ3n) is 5.33. The van der Waals surface area contributed by atoms with E-state index in [9.17, 15) is 4.79 Å². The maximum Gasteiger partial charge on any atom is 0.227 e. The molecule has 4 rings (SSSR count). The smallest absolute Gasteiger partial charge is 0.227 e. The summed E-state index contributed by atoms with van der Waals surface area (Å²) in [7, 11) is 0. The lowest BCUT2D eigenvalue weighted by atomic mass is 9.95. The second kappa shape index (κ2) is 8.56. The van der Waals surface area contributed by atoms with Gasteiger partial charge in [-0.3, -0.25) is 9.69 Å². The van der Waals surface area contributed by atoms with Crippen LogP contribution in [0.1, 0.15) is 24.0 Å². The lowest BCUT2D eigenvalue weighted by Crippen LogP contribution is -2.37. The molecule has 0 aliphatic carbocycles. The van der Waals surface area contributed by atoms with E-state index in [1.54, 1.807) is 0 Å². The van der Waals surface area contributed by atoms with Crippen LogP contribution in [0, 0.1) is 5.92 Å². The van der Waals surface area contributed by atoms with Crippen molar-refractivity contribution >= 4 is 29.7 Å². The van der Waals surface area contributed by atoms with Crippen LogP contribution in [0.3, 0.4) is 0 Å². The van der Waals surface area contributed by atoms with Gasteiger partial charge in [-0.25, -0.2) is 0 Å². The van der Waals surface area contributed by atoms with E-state index in [4.69, 9.17) is 0 Å². The third-order valence-corrected chi connectivity index (χ3v) is 5.33. The number of carbonyl (C=O) groups is 1. The molecule has 0 radical (unpaired) electrons. The topological polar surface area (TPSA) is 44.4 Å². The molecule has 0 bridgehead atoms. The Morgan fingerprint density at radius 1 is 1.08 bits per heavy atom. The molecule has 0 saturated carbocycles. The second-order valence-corrected chi connectivity index (χ2v) is 7.03. The summed E-state index contributed by atoms with van der Waals surface area (Å²) in [5.41, 5.74) is 5.06. The molecule has 2 aromatic rings. The normalized spacial score (nSPS) is 17.1. The molecule has 0 aromatic heterocycles. The molecule has 2 aliphatic rings. The summed E-state index contributed by atoms with van der Waals surface area (Å²) < 4.78 is 0. The fraction of sp³-hybridized carbons (Fsp3) is 0.381. The number of nitrogens with zero attached hydrogens (tertiary/aromatic N) is 1. The molecule has 0 atom stereocenters. The average molecular weight is 372 g/mol. The largest absolute Gasteiger partial charge is 0.384 e. The first-order valence-electron chi connectivity index (χ1n) is 9.22. The van der Waals surface area contributed by atoms with Crippen molar-refractivity contribution in [3.8, 4) is 0 Å². The van der Waals surface area contributed by atoms with Crippen LogP contribution in [0.15, 0.2) is 48.5 Å². The van der Waals surface area contributed by atoms with Crippen molar-refractivity contribution in [3.05, 3.63) is 59.7 Å². The zero-order valence-corrected chi connectivity index (χ0v) is 15.7. The number of rotatable bonds is 4. The standard InChI is InChI=1S/C21H25N3O.ClH/c25-21(23-19-7-2-1-3-8-19)17-10-13-24(14-11-17)15-18-6-4-5-16-9-12-22-20(16)18;/h1-8,17,22H,9-15H2,(H,23,25);1H. The number of carbonyl (C=O) groups excluding carboxylic acids is 1. The highest BCUT2D eigenvalue weighted by Crippen LogP contribution is 2.29. The zero-order valence-electron chi connectivity index (χ0n) is 14.9. The molecule has 26 heavy (non-hydrogen) atoms. The quantitative estimate of drug-likeness (QED) is 0.855. The molecule has 138 valence electrons. The number of amides is 1. The van der Waals surface area contributed by atoms with Crippen LogP contribution < -0.4 is 10.6 Å². The number of nitrogens with one attached hydrogen (secondary N) is 2. The molecule has 2 heterocycles. The van der Waals surface area contributed by atoms with Crippen molar-refractivity contribution < 1.29 is 4.79 Å². The summed E-state index contributed by atoms with van der Waals surface area (Å²) in [4.78, 5) is 14.9. The van der Waals surface area contributed by atoms with Gasteiger partial charge in [0.1, 0.15) is 0 Å². The molecule has 1 saturated heterocycles. The van der Waals surface area contributed by atoms with Crippen LogP contribution in [0.25, 0.3) is 0 Å². The Bertz CT molecular complexity index is 742. The summed E-state index contributed by atoms with van der Waals surface area (Å²) >= 11 is 0. The summed E-state index contributed by atoms with van der Waals surface area (Å²) in [6.45, 7) is 3.99. The first-order valence-corrected chi connectivity index (χ1v) is 9.22. The minimum Gasteiger partial charge on any atom is -0.384 e. The molecule has 2 aliphatic heterocycles. The summed E-state index contributed by atoms with van der Waals surface area (Å²) in [5.74, 6) is 0.282. The molecule has 0 spiro atoms. The number of piperidine rings is 1. The van der Waals surface area contributed by atoms with Gasteiger partial charge in [0.25, 0.3) is 0 Å². The second-order valence-electron chi connectivity index (χ2n) is 7.03. The molecule has 2 aromatic carbocycles. The Morgan fingerprint density at radius 2 is 1.85 bits per heavy atom. The lowest BCUT2D eigenvalue weighted by molar-refractivity contribution is -0.121. The number of halogens is 1. The molecule has 2 N–H and O–H groups in total. The Morgan fingerprint density at radius 3 is 2.62 bits per heavy atom. The molecule has 1 fully saturated rings. The van der Waals surface area contributed by atoms with E-state index in [0.717, 1.165) is 51.1 Å².